The molecule has 0 amide bonds. The molecule has 1 spiro atoms. The summed E-state index contributed by atoms with van der Waals surface area (Å²) in [5.41, 5.74) is -9.96. The fourth-order valence-corrected chi connectivity index (χ4v) is 11.0. The van der Waals surface area contributed by atoms with Gasteiger partial charge >= 0.3 is 37.1 Å². The van der Waals surface area contributed by atoms with E-state index >= 15 is 0 Å². The minimum absolute atomic E-state index is 0.0106. The van der Waals surface area contributed by atoms with E-state index in [4.69, 9.17) is 0 Å². The molecule has 7 fully saturated rings. The molecular formula is C42H62F18. The third-order valence-electron chi connectivity index (χ3n) is 16.2. The van der Waals surface area contributed by atoms with Gasteiger partial charge in [0.05, 0.1) is 0 Å². The summed E-state index contributed by atoms with van der Waals surface area (Å²) in [6, 6.07) is 0. The molecule has 0 aromatic heterocycles. The van der Waals surface area contributed by atoms with Crippen LogP contribution in [0.25, 0.3) is 0 Å². The third-order valence-corrected chi connectivity index (χ3v) is 16.2. The van der Waals surface area contributed by atoms with Crippen LogP contribution < -0.4 is 0 Å². The Morgan fingerprint density at radius 3 is 1.00 bits per heavy atom. The molecule has 0 nitrogen and oxygen atoms in total. The van der Waals surface area contributed by atoms with Gasteiger partial charge in [-0.2, -0.15) is 79.0 Å². The fraction of sp³-hybridized carbons (Fsp3) is 1.00. The average molecular weight is 909 g/mol. The molecule has 7 saturated carbocycles. The zero-order chi connectivity index (χ0) is 46.2. The van der Waals surface area contributed by atoms with E-state index in [0.29, 0.717) is 12.3 Å². The molecule has 0 heterocycles. The standard InChI is InChI=1S/C14H20F6.C10H18.2C9H12F6/c1-10-2-4-11(5-3-10)6-8-12(9-7-11,13(15,16)17)14(18,19)20;1-8-7-9-3-5-10(8,2)6-4-9;1-6-2-4-7(5-3-6,8(10,11)12)9(13,14)15;1-6-4-2-3-5-7(6,8(10,11)12)9(13,14)15/h10H,2-9H2,1H3;8-9H,3-7H2,1-2H3;2*6H,2-5H2,1H3/t;8-,9?,10?;;6-/m.0.1/s1. The molecule has 7 aliphatic rings. The van der Waals surface area contributed by atoms with E-state index in [2.05, 4.69) is 20.8 Å². The summed E-state index contributed by atoms with van der Waals surface area (Å²) in [6.07, 6.45) is -23.8. The van der Waals surface area contributed by atoms with E-state index < -0.39 is 91.3 Å². The van der Waals surface area contributed by atoms with E-state index in [9.17, 15) is 79.0 Å². The van der Waals surface area contributed by atoms with Crippen molar-refractivity contribution >= 4 is 0 Å². The number of fused-ring (bicyclic) bond motifs is 3. The quantitative estimate of drug-likeness (QED) is 0.213. The van der Waals surface area contributed by atoms with Gasteiger partial charge < -0.3 is 0 Å². The molecule has 0 aromatic rings. The summed E-state index contributed by atoms with van der Waals surface area (Å²) in [5.74, 6) is 1.23. The second-order valence-corrected chi connectivity index (χ2v) is 19.9. The Bertz CT molecular complexity index is 1270. The summed E-state index contributed by atoms with van der Waals surface area (Å²) in [6.45, 7) is 9.75. The Kier molecular flexibility index (Phi) is 16.2. The Labute approximate surface area is 342 Å². The Hall–Kier alpha value is -1.26. The number of hydrogen-bond donors (Lipinski definition) is 0. The van der Waals surface area contributed by atoms with Crippen LogP contribution in [-0.4, -0.2) is 37.1 Å². The smallest absolute Gasteiger partial charge is 0.170 e. The maximum Gasteiger partial charge on any atom is 0.403 e. The molecule has 0 N–H and O–H groups in total. The van der Waals surface area contributed by atoms with Crippen LogP contribution in [0.15, 0.2) is 0 Å². The predicted molar refractivity (Wildman–Crippen MR) is 191 cm³/mol. The number of hydrogen-bond acceptors (Lipinski definition) is 0. The summed E-state index contributed by atoms with van der Waals surface area (Å²) in [5, 5.41) is 0. The fourth-order valence-electron chi connectivity index (χ4n) is 11.0. The van der Waals surface area contributed by atoms with Crippen molar-refractivity contribution in [1.82, 2.24) is 0 Å². The lowest BCUT2D eigenvalue weighted by molar-refractivity contribution is -0.364. The first-order valence-corrected chi connectivity index (χ1v) is 21.4. The van der Waals surface area contributed by atoms with Gasteiger partial charge in [0.15, 0.2) is 16.2 Å². The van der Waals surface area contributed by atoms with E-state index in [0.717, 1.165) is 49.9 Å². The first kappa shape index (κ1) is 53.1. The lowest BCUT2D eigenvalue weighted by Gasteiger charge is -2.49. The molecule has 0 aliphatic heterocycles. The Morgan fingerprint density at radius 2 is 0.717 bits per heavy atom. The van der Waals surface area contributed by atoms with Gasteiger partial charge in [-0.15, -0.1) is 0 Å². The van der Waals surface area contributed by atoms with E-state index in [1.807, 2.05) is 0 Å². The van der Waals surface area contributed by atoms with Crippen molar-refractivity contribution in [2.24, 2.45) is 56.7 Å². The molecule has 0 unspecified atom stereocenters. The Morgan fingerprint density at radius 1 is 0.350 bits per heavy atom. The molecule has 18 heteroatoms. The van der Waals surface area contributed by atoms with Crippen molar-refractivity contribution in [2.75, 3.05) is 0 Å². The van der Waals surface area contributed by atoms with Gasteiger partial charge in [0.1, 0.15) is 0 Å². The maximum absolute atomic E-state index is 13.0. The minimum Gasteiger partial charge on any atom is -0.170 e. The topological polar surface area (TPSA) is 0 Å². The lowest BCUT2D eigenvalue weighted by Crippen LogP contribution is -2.55. The maximum atomic E-state index is 13.0. The van der Waals surface area contributed by atoms with Gasteiger partial charge in [0, 0.05) is 0 Å². The SMILES string of the molecule is CC1CCC(C(F)(F)F)(C(F)(F)F)CC1.CC1CCC2(CC1)CCC(C(F)(F)F)(C(F)(F)F)CC2.C[C@@H]1CCCCC1(C(F)(F)F)C(F)(F)F.C[C@H]1CC2CCC1(C)CC2. The molecular weight excluding hydrogens is 846 g/mol. The summed E-state index contributed by atoms with van der Waals surface area (Å²) >= 11 is 0. The predicted octanol–water partition coefficient (Wildman–Crippen LogP) is 17.7. The minimum atomic E-state index is -5.20. The first-order valence-electron chi connectivity index (χ1n) is 21.4. The first-order chi connectivity index (χ1) is 27.0. The second-order valence-electron chi connectivity index (χ2n) is 19.9. The second kappa shape index (κ2) is 18.3. The van der Waals surface area contributed by atoms with Crippen molar-refractivity contribution in [3.8, 4) is 0 Å². The highest BCUT2D eigenvalue weighted by molar-refractivity contribution is 5.02. The van der Waals surface area contributed by atoms with Crippen molar-refractivity contribution in [1.29, 1.82) is 0 Å². The molecule has 0 saturated heterocycles. The highest BCUT2D eigenvalue weighted by Crippen LogP contribution is 2.64. The van der Waals surface area contributed by atoms with Crippen LogP contribution in [0, 0.1) is 56.7 Å². The number of halogens is 18. The monoisotopic (exact) mass is 908 g/mol. The molecule has 60 heavy (non-hydrogen) atoms. The summed E-state index contributed by atoms with van der Waals surface area (Å²) in [7, 11) is 0. The van der Waals surface area contributed by atoms with Gasteiger partial charge in [-0.05, 0) is 150 Å². The number of alkyl halides is 18. The van der Waals surface area contributed by atoms with Crippen molar-refractivity contribution in [3.05, 3.63) is 0 Å². The van der Waals surface area contributed by atoms with Crippen molar-refractivity contribution in [2.45, 2.75) is 207 Å². The van der Waals surface area contributed by atoms with E-state index in [1.165, 1.54) is 32.1 Å². The molecule has 0 radical (unpaired) electrons. The van der Waals surface area contributed by atoms with Gasteiger partial charge in [0.25, 0.3) is 0 Å². The van der Waals surface area contributed by atoms with Crippen LogP contribution in [0.3, 0.4) is 0 Å². The summed E-state index contributed by atoms with van der Waals surface area (Å²) in [4.78, 5) is 0. The van der Waals surface area contributed by atoms with Crippen LogP contribution in [0.4, 0.5) is 79.0 Å². The van der Waals surface area contributed by atoms with Gasteiger partial charge in [-0.25, -0.2) is 0 Å². The van der Waals surface area contributed by atoms with Gasteiger partial charge in [-0.1, -0.05) is 60.3 Å². The lowest BCUT2D eigenvalue weighted by atomic mass is 9.57. The molecule has 2 atom stereocenters. The molecule has 2 bridgehead atoms. The van der Waals surface area contributed by atoms with Gasteiger partial charge in [-0.3, -0.25) is 0 Å². The largest absolute Gasteiger partial charge is 0.403 e. The van der Waals surface area contributed by atoms with Crippen LogP contribution >= 0.6 is 0 Å². The van der Waals surface area contributed by atoms with Crippen LogP contribution in [0.5, 0.6) is 0 Å². The Balaban J connectivity index is 0.000000219. The van der Waals surface area contributed by atoms with Crippen LogP contribution in [0.2, 0.25) is 0 Å². The van der Waals surface area contributed by atoms with E-state index in [1.54, 1.807) is 6.92 Å². The van der Waals surface area contributed by atoms with Crippen molar-refractivity contribution in [3.63, 3.8) is 0 Å². The zero-order valence-corrected chi connectivity index (χ0v) is 35.0. The van der Waals surface area contributed by atoms with Crippen molar-refractivity contribution < 1.29 is 79.0 Å². The van der Waals surface area contributed by atoms with E-state index in [-0.39, 0.29) is 49.9 Å². The molecule has 7 aliphatic carbocycles. The number of rotatable bonds is 0. The summed E-state index contributed by atoms with van der Waals surface area (Å²) < 4.78 is 229. The molecule has 0 aromatic carbocycles. The molecule has 7 rings (SSSR count). The van der Waals surface area contributed by atoms with Crippen LogP contribution in [-0.2, 0) is 0 Å². The molecule has 356 valence electrons. The zero-order valence-electron chi connectivity index (χ0n) is 35.0. The average Bonchev–Trinajstić information content (AvgIpc) is 3.09. The van der Waals surface area contributed by atoms with Crippen LogP contribution in [0.1, 0.15) is 169 Å². The highest BCUT2D eigenvalue weighted by Gasteiger charge is 2.74. The highest BCUT2D eigenvalue weighted by atomic mass is 19.4. The normalized spacial score (nSPS) is 31.1. The third kappa shape index (κ3) is 11.0. The van der Waals surface area contributed by atoms with Gasteiger partial charge in [0.2, 0.25) is 0 Å².